The monoisotopic (exact) mass is 444 g/mol. The van der Waals surface area contributed by atoms with Crippen LogP contribution in [-0.2, 0) is 4.79 Å². The summed E-state index contributed by atoms with van der Waals surface area (Å²) in [6, 6.07) is 0.129. The molecule has 6 nitrogen and oxygen atoms in total. The molecule has 3 aliphatic heterocycles. The van der Waals surface area contributed by atoms with Gasteiger partial charge in [0.1, 0.15) is 5.50 Å². The first-order valence-corrected chi connectivity index (χ1v) is 12.6. The van der Waals surface area contributed by atoms with E-state index in [4.69, 9.17) is 0 Å². The van der Waals surface area contributed by atoms with Crippen LogP contribution in [0.3, 0.4) is 0 Å². The van der Waals surface area contributed by atoms with Crippen molar-refractivity contribution < 1.29 is 18.7 Å². The number of nitrogens with zero attached hydrogens (tertiary/aromatic N) is 1. The number of likely N-dealkylation sites (tertiary alicyclic amines) is 1. The van der Waals surface area contributed by atoms with E-state index in [0.29, 0.717) is 37.2 Å². The molecule has 0 aromatic carbocycles. The molecule has 0 radical (unpaired) electrons. The highest BCUT2D eigenvalue weighted by Gasteiger charge is 2.48. The molecule has 30 heavy (non-hydrogen) atoms. The summed E-state index contributed by atoms with van der Waals surface area (Å²) in [6.07, 6.45) is 4.33. The third-order valence-corrected chi connectivity index (χ3v) is 9.51. The molecular weight excluding hydrogens is 410 g/mol. The smallest absolute Gasteiger partial charge is 0.241 e. The zero-order valence-electron chi connectivity index (χ0n) is 17.4. The van der Waals surface area contributed by atoms with Crippen LogP contribution < -0.4 is 16.0 Å². The zero-order chi connectivity index (χ0) is 20.9. The molecule has 3 heterocycles. The van der Waals surface area contributed by atoms with Gasteiger partial charge in [0.15, 0.2) is 0 Å². The molecule has 0 aromatic rings. The number of halogens is 2. The summed E-state index contributed by atoms with van der Waals surface area (Å²) in [5.74, 6) is -0.540. The van der Waals surface area contributed by atoms with E-state index < -0.39 is 17.9 Å². The van der Waals surface area contributed by atoms with Gasteiger partial charge in [-0.2, -0.15) is 0 Å². The molecule has 7 unspecified atom stereocenters. The molecule has 7 atom stereocenters. The number of thioether (sulfide) groups is 1. The lowest BCUT2D eigenvalue weighted by molar-refractivity contribution is -0.134. The Morgan fingerprint density at radius 1 is 1.20 bits per heavy atom. The minimum Gasteiger partial charge on any atom is -0.389 e. The first kappa shape index (κ1) is 21.4. The maximum absolute atomic E-state index is 13.4. The molecule has 1 amide bonds. The molecule has 0 bridgehead atoms. The molecule has 2 aliphatic carbocycles. The van der Waals surface area contributed by atoms with Crippen molar-refractivity contribution in [2.24, 2.45) is 11.8 Å². The van der Waals surface area contributed by atoms with Crippen LogP contribution in [0.2, 0.25) is 0 Å². The third kappa shape index (κ3) is 4.12. The molecule has 2 saturated carbocycles. The molecule has 5 aliphatic rings. The Hall–Kier alpha value is -0.480. The number of fused-ring (bicyclic) bond motifs is 2. The van der Waals surface area contributed by atoms with Crippen molar-refractivity contribution in [3.05, 3.63) is 0 Å². The molecule has 4 N–H and O–H groups in total. The van der Waals surface area contributed by atoms with Crippen LogP contribution in [-0.4, -0.2) is 76.4 Å². The van der Waals surface area contributed by atoms with E-state index in [0.717, 1.165) is 45.1 Å². The fraction of sp³-hybridized carbons (Fsp3) is 0.952. The van der Waals surface area contributed by atoms with Gasteiger partial charge in [-0.25, -0.2) is 8.78 Å². The number of piperidine rings is 1. The second kappa shape index (κ2) is 8.46. The highest BCUT2D eigenvalue weighted by Crippen LogP contribution is 2.41. The van der Waals surface area contributed by atoms with Gasteiger partial charge in [0.25, 0.3) is 0 Å². The highest BCUT2D eigenvalue weighted by molar-refractivity contribution is 8.00. The Morgan fingerprint density at radius 2 is 2.03 bits per heavy atom. The van der Waals surface area contributed by atoms with Crippen molar-refractivity contribution in [3.63, 3.8) is 0 Å². The topological polar surface area (TPSA) is 76.6 Å². The molecule has 3 saturated heterocycles. The Kier molecular flexibility index (Phi) is 6.03. The van der Waals surface area contributed by atoms with E-state index in [1.165, 1.54) is 0 Å². The van der Waals surface area contributed by atoms with Crippen molar-refractivity contribution in [3.8, 4) is 0 Å². The molecule has 0 spiro atoms. The SMILES string of the molecule is O=C(C1CC2C(CCCC2C(F)F)N1)N1CCC2NC(NCC3(O)CCC3)SC2C1. The van der Waals surface area contributed by atoms with Gasteiger partial charge in [-0.1, -0.05) is 6.42 Å². The number of aliphatic hydroxyl groups is 1. The van der Waals surface area contributed by atoms with Gasteiger partial charge >= 0.3 is 0 Å². The second-order valence-electron chi connectivity index (χ2n) is 10.0. The van der Waals surface area contributed by atoms with E-state index in [2.05, 4.69) is 16.0 Å². The van der Waals surface area contributed by atoms with Crippen LogP contribution >= 0.6 is 11.8 Å². The lowest BCUT2D eigenvalue weighted by Gasteiger charge is -2.37. The molecule has 9 heteroatoms. The number of carbonyl (C=O) groups is 1. The van der Waals surface area contributed by atoms with E-state index >= 15 is 0 Å². The van der Waals surface area contributed by atoms with Gasteiger partial charge in [-0.15, -0.1) is 11.8 Å². The van der Waals surface area contributed by atoms with Gasteiger partial charge in [0.05, 0.1) is 11.6 Å². The summed E-state index contributed by atoms with van der Waals surface area (Å²) in [6.45, 7) is 2.03. The maximum Gasteiger partial charge on any atom is 0.241 e. The number of nitrogens with one attached hydrogen (secondary N) is 3. The molecular formula is C21H34F2N4O2S. The van der Waals surface area contributed by atoms with Crippen molar-refractivity contribution in [2.75, 3.05) is 19.6 Å². The van der Waals surface area contributed by atoms with Crippen LogP contribution in [0.15, 0.2) is 0 Å². The van der Waals surface area contributed by atoms with Crippen molar-refractivity contribution in [1.82, 2.24) is 20.9 Å². The number of hydrogen-bond acceptors (Lipinski definition) is 6. The first-order chi connectivity index (χ1) is 14.4. The van der Waals surface area contributed by atoms with Crippen LogP contribution in [0.25, 0.3) is 0 Å². The number of hydrogen-bond donors (Lipinski definition) is 4. The van der Waals surface area contributed by atoms with E-state index in [-0.39, 0.29) is 29.4 Å². The van der Waals surface area contributed by atoms with Crippen molar-refractivity contribution >= 4 is 17.7 Å². The fourth-order valence-electron chi connectivity index (χ4n) is 6.16. The average molecular weight is 445 g/mol. The summed E-state index contributed by atoms with van der Waals surface area (Å²) in [7, 11) is 0. The van der Waals surface area contributed by atoms with Gasteiger partial charge in [0.2, 0.25) is 12.3 Å². The maximum atomic E-state index is 13.4. The Bertz CT molecular complexity index is 652. The second-order valence-corrected chi connectivity index (χ2v) is 11.4. The normalized spacial score (nSPS) is 42.7. The summed E-state index contributed by atoms with van der Waals surface area (Å²) in [5, 5.41) is 21.1. The van der Waals surface area contributed by atoms with Crippen LogP contribution in [0, 0.1) is 11.8 Å². The van der Waals surface area contributed by atoms with Crippen LogP contribution in [0.5, 0.6) is 0 Å². The Labute approximate surface area is 181 Å². The number of amides is 1. The lowest BCUT2D eigenvalue weighted by Crippen LogP contribution is -2.54. The number of carbonyl (C=O) groups excluding carboxylic acids is 1. The van der Waals surface area contributed by atoms with Gasteiger partial charge in [-0.3, -0.25) is 15.4 Å². The predicted molar refractivity (Wildman–Crippen MR) is 112 cm³/mol. The molecule has 5 fully saturated rings. The van der Waals surface area contributed by atoms with E-state index in [1.807, 2.05) is 16.7 Å². The first-order valence-electron chi connectivity index (χ1n) is 11.6. The summed E-state index contributed by atoms with van der Waals surface area (Å²) in [5.41, 5.74) is -0.433. The quantitative estimate of drug-likeness (QED) is 0.515. The van der Waals surface area contributed by atoms with Gasteiger partial charge < -0.3 is 15.3 Å². The molecule has 0 aromatic heterocycles. The Morgan fingerprint density at radius 3 is 2.77 bits per heavy atom. The number of alkyl halides is 2. The summed E-state index contributed by atoms with van der Waals surface area (Å²) < 4.78 is 26.9. The minimum absolute atomic E-state index is 0.0673. The zero-order valence-corrected chi connectivity index (χ0v) is 18.2. The summed E-state index contributed by atoms with van der Waals surface area (Å²) >= 11 is 1.81. The van der Waals surface area contributed by atoms with E-state index in [1.54, 1.807) is 0 Å². The molecule has 170 valence electrons. The standard InChI is InChI=1S/C21H34F2N4O2S/c22-18(23)12-3-1-4-14-13(12)9-16(25-14)19(28)27-8-5-15-17(10-27)30-20(26-15)24-11-21(29)6-2-7-21/h12-18,20,24-26,29H,1-11H2. The van der Waals surface area contributed by atoms with Gasteiger partial charge in [-0.05, 0) is 50.9 Å². The molecule has 5 rings (SSSR count). The average Bonchev–Trinajstić information content (AvgIpc) is 3.32. The van der Waals surface area contributed by atoms with Crippen molar-refractivity contribution in [1.29, 1.82) is 0 Å². The lowest BCUT2D eigenvalue weighted by atomic mass is 9.76. The minimum atomic E-state index is -2.28. The number of rotatable bonds is 5. The highest BCUT2D eigenvalue weighted by atomic mass is 32.2. The summed E-state index contributed by atoms with van der Waals surface area (Å²) in [4.78, 5) is 15.1. The van der Waals surface area contributed by atoms with Gasteiger partial charge in [0, 0.05) is 42.9 Å². The largest absolute Gasteiger partial charge is 0.389 e. The van der Waals surface area contributed by atoms with Crippen molar-refractivity contribution in [2.45, 2.75) is 92.3 Å². The van der Waals surface area contributed by atoms with E-state index in [9.17, 15) is 18.7 Å². The Balaban J connectivity index is 1.14. The van der Waals surface area contributed by atoms with Crippen LogP contribution in [0.4, 0.5) is 8.78 Å². The van der Waals surface area contributed by atoms with Crippen LogP contribution in [0.1, 0.15) is 51.4 Å². The third-order valence-electron chi connectivity index (χ3n) is 8.11. The fourth-order valence-corrected chi connectivity index (χ4v) is 7.61. The predicted octanol–water partition coefficient (Wildman–Crippen LogP) is 1.49.